The molecule has 0 aromatic rings. The first-order chi connectivity index (χ1) is 4.93. The quantitative estimate of drug-likeness (QED) is 0.394. The predicted octanol–water partition coefficient (Wildman–Crippen LogP) is 1.50. The molecule has 0 radical (unpaired) electrons. The highest BCUT2D eigenvalue weighted by Gasteiger charge is 2.36. The minimum absolute atomic E-state index is 0.162. The highest BCUT2D eigenvalue weighted by molar-refractivity contribution is 5.68. The summed E-state index contributed by atoms with van der Waals surface area (Å²) >= 11 is 0. The molecule has 0 saturated carbocycles. The molecule has 64 valence electrons. The van der Waals surface area contributed by atoms with Gasteiger partial charge in [-0.05, 0) is 6.92 Å². The molecular weight excluding hydrogens is 142 g/mol. The van der Waals surface area contributed by atoms with Gasteiger partial charge >= 0.3 is 5.90 Å². The molecule has 0 aliphatic carbocycles. The van der Waals surface area contributed by atoms with Crippen molar-refractivity contribution in [2.45, 2.75) is 45.8 Å². The van der Waals surface area contributed by atoms with E-state index in [1.165, 1.54) is 0 Å². The van der Waals surface area contributed by atoms with Crippen molar-refractivity contribution in [1.29, 1.82) is 0 Å². The van der Waals surface area contributed by atoms with Crippen LogP contribution in [0.3, 0.4) is 0 Å². The van der Waals surface area contributed by atoms with E-state index in [2.05, 4.69) is 0 Å². The van der Waals surface area contributed by atoms with Crippen molar-refractivity contribution in [1.82, 2.24) is 0 Å². The molecule has 0 spiro atoms. The Labute approximate surface area is 67.3 Å². The van der Waals surface area contributed by atoms with Gasteiger partial charge in [0, 0.05) is 20.3 Å². The molecule has 0 bridgehead atoms. The highest BCUT2D eigenvalue weighted by atomic mass is 16.6. The molecule has 0 saturated heterocycles. The predicted molar refractivity (Wildman–Crippen MR) is 43.6 cm³/mol. The fourth-order valence-electron chi connectivity index (χ4n) is 1.59. The van der Waals surface area contributed by atoms with Crippen LogP contribution < -0.4 is 0 Å². The van der Waals surface area contributed by atoms with Crippen molar-refractivity contribution < 1.29 is 9.48 Å². The lowest BCUT2D eigenvalue weighted by molar-refractivity contribution is -0.561. The van der Waals surface area contributed by atoms with Crippen LogP contribution in [-0.4, -0.2) is 22.3 Å². The summed E-state index contributed by atoms with van der Waals surface area (Å²) in [5.74, 6) is 0.480. The SMILES string of the molecule is CC1=[N+]([O-])C(C)(C)CC(C)O1. The van der Waals surface area contributed by atoms with Crippen LogP contribution >= 0.6 is 0 Å². The molecule has 1 aliphatic rings. The number of hydroxylamine groups is 1. The molecule has 1 aliphatic heterocycles. The van der Waals surface area contributed by atoms with Crippen molar-refractivity contribution in [3.05, 3.63) is 5.21 Å². The maximum atomic E-state index is 11.3. The average Bonchev–Trinajstić information content (AvgIpc) is 1.81. The first-order valence-electron chi connectivity index (χ1n) is 3.91. The maximum absolute atomic E-state index is 11.3. The molecule has 1 rings (SSSR count). The number of nitrogens with zero attached hydrogens (tertiary/aromatic N) is 1. The van der Waals surface area contributed by atoms with Gasteiger partial charge in [-0.2, -0.15) is 4.74 Å². The lowest BCUT2D eigenvalue weighted by Gasteiger charge is -2.32. The van der Waals surface area contributed by atoms with Crippen LogP contribution in [0.4, 0.5) is 0 Å². The molecule has 3 nitrogen and oxygen atoms in total. The number of hydrogen-bond donors (Lipinski definition) is 0. The van der Waals surface area contributed by atoms with Gasteiger partial charge in [0.2, 0.25) is 0 Å². The molecular formula is C8H15NO2. The highest BCUT2D eigenvalue weighted by Crippen LogP contribution is 2.22. The summed E-state index contributed by atoms with van der Waals surface area (Å²) in [5.41, 5.74) is -0.304. The van der Waals surface area contributed by atoms with Crippen molar-refractivity contribution >= 4 is 5.90 Å². The molecule has 1 heterocycles. The third-order valence-electron chi connectivity index (χ3n) is 1.99. The Bertz CT molecular complexity index is 196. The van der Waals surface area contributed by atoms with Gasteiger partial charge in [-0.1, -0.05) is 0 Å². The Hall–Kier alpha value is -0.730. The number of rotatable bonds is 0. The lowest BCUT2D eigenvalue weighted by Crippen LogP contribution is -2.45. The van der Waals surface area contributed by atoms with Crippen LogP contribution in [0.25, 0.3) is 0 Å². The molecule has 0 amide bonds. The molecule has 1 unspecified atom stereocenters. The monoisotopic (exact) mass is 157 g/mol. The lowest BCUT2D eigenvalue weighted by atomic mass is 9.97. The van der Waals surface area contributed by atoms with E-state index >= 15 is 0 Å². The summed E-state index contributed by atoms with van der Waals surface area (Å²) in [6, 6.07) is 0. The number of hydrogen-bond acceptors (Lipinski definition) is 2. The summed E-state index contributed by atoms with van der Waals surface area (Å²) < 4.78 is 6.22. The van der Waals surface area contributed by atoms with Gasteiger partial charge in [0.15, 0.2) is 5.54 Å². The molecule has 3 heteroatoms. The van der Waals surface area contributed by atoms with Crippen LogP contribution in [0.2, 0.25) is 0 Å². The summed E-state index contributed by atoms with van der Waals surface area (Å²) in [4.78, 5) is 0. The molecule has 0 fully saturated rings. The summed E-state index contributed by atoms with van der Waals surface area (Å²) in [7, 11) is 0. The van der Waals surface area contributed by atoms with Crippen molar-refractivity contribution in [3.63, 3.8) is 0 Å². The second-order valence-corrected chi connectivity index (χ2v) is 3.76. The Morgan fingerprint density at radius 2 is 2.18 bits per heavy atom. The van der Waals surface area contributed by atoms with E-state index in [1.807, 2.05) is 20.8 Å². The summed E-state index contributed by atoms with van der Waals surface area (Å²) in [6.07, 6.45) is 0.948. The normalized spacial score (nSPS) is 30.0. The van der Waals surface area contributed by atoms with Gasteiger partial charge in [-0.25, -0.2) is 0 Å². The molecule has 0 aromatic heterocycles. The fourth-order valence-corrected chi connectivity index (χ4v) is 1.59. The Balaban J connectivity index is 2.93. The first kappa shape index (κ1) is 8.37. The van der Waals surface area contributed by atoms with E-state index in [0.29, 0.717) is 5.90 Å². The fraction of sp³-hybridized carbons (Fsp3) is 0.875. The molecule has 0 N–H and O–H groups in total. The van der Waals surface area contributed by atoms with Gasteiger partial charge in [-0.3, -0.25) is 0 Å². The molecule has 1 atom stereocenters. The van der Waals surface area contributed by atoms with Crippen molar-refractivity contribution in [2.24, 2.45) is 0 Å². The zero-order chi connectivity index (χ0) is 8.65. The van der Waals surface area contributed by atoms with Crippen LogP contribution in [0.1, 0.15) is 34.1 Å². The van der Waals surface area contributed by atoms with Crippen molar-refractivity contribution in [2.75, 3.05) is 0 Å². The largest absolute Gasteiger partial charge is 0.621 e. The van der Waals surface area contributed by atoms with Gasteiger partial charge < -0.3 is 9.94 Å². The van der Waals surface area contributed by atoms with E-state index in [0.717, 1.165) is 11.2 Å². The topological polar surface area (TPSA) is 35.3 Å². The van der Waals surface area contributed by atoms with Crippen molar-refractivity contribution in [3.8, 4) is 0 Å². The van der Waals surface area contributed by atoms with Crippen LogP contribution in [0.5, 0.6) is 0 Å². The maximum Gasteiger partial charge on any atom is 0.345 e. The third-order valence-corrected chi connectivity index (χ3v) is 1.99. The standard InChI is InChI=1S/C8H15NO2/c1-6-5-8(3,4)9(10)7(2)11-6/h6H,5H2,1-4H3. The van der Waals surface area contributed by atoms with Crippen LogP contribution in [0.15, 0.2) is 0 Å². The Morgan fingerprint density at radius 1 is 1.64 bits per heavy atom. The van der Waals surface area contributed by atoms with Gasteiger partial charge in [0.1, 0.15) is 6.10 Å². The summed E-state index contributed by atoms with van der Waals surface area (Å²) in [5, 5.41) is 11.3. The molecule has 0 aromatic carbocycles. The Morgan fingerprint density at radius 3 is 2.64 bits per heavy atom. The van der Waals surface area contributed by atoms with Crippen LogP contribution in [-0.2, 0) is 4.74 Å². The minimum atomic E-state index is -0.304. The molecule has 11 heavy (non-hydrogen) atoms. The van der Waals surface area contributed by atoms with E-state index in [1.54, 1.807) is 6.92 Å². The average molecular weight is 157 g/mol. The van der Waals surface area contributed by atoms with Gasteiger partial charge in [-0.15, -0.1) is 0 Å². The Kier molecular flexibility index (Phi) is 1.82. The van der Waals surface area contributed by atoms with Gasteiger partial charge in [0.05, 0.1) is 6.92 Å². The first-order valence-corrected chi connectivity index (χ1v) is 3.91. The third kappa shape index (κ3) is 1.47. The summed E-state index contributed by atoms with van der Waals surface area (Å²) in [6.45, 7) is 7.56. The van der Waals surface area contributed by atoms with E-state index in [4.69, 9.17) is 4.74 Å². The zero-order valence-electron chi connectivity index (χ0n) is 7.55. The number of ether oxygens (including phenoxy) is 1. The second kappa shape index (κ2) is 2.40. The minimum Gasteiger partial charge on any atom is -0.621 e. The zero-order valence-corrected chi connectivity index (χ0v) is 7.55. The van der Waals surface area contributed by atoms with Crippen LogP contribution in [0, 0.1) is 5.21 Å². The smallest absolute Gasteiger partial charge is 0.345 e. The van der Waals surface area contributed by atoms with E-state index in [9.17, 15) is 5.21 Å². The second-order valence-electron chi connectivity index (χ2n) is 3.76. The van der Waals surface area contributed by atoms with E-state index < -0.39 is 0 Å². The van der Waals surface area contributed by atoms with E-state index in [-0.39, 0.29) is 11.6 Å². The van der Waals surface area contributed by atoms with Gasteiger partial charge in [0.25, 0.3) is 0 Å².